The van der Waals surface area contributed by atoms with E-state index in [9.17, 15) is 36.2 Å². The number of unbranched alkanes of at least 4 members (excludes halogenated alkanes) is 6. The van der Waals surface area contributed by atoms with E-state index in [2.05, 4.69) is 29.8 Å². The fraction of sp³-hybridized carbons (Fsp3) is 0.606. The standard InChI is InChI=1S/C13H17F3O.C7H5F3O.C6H13Br.C4H9O.C3H7NO.K/c1-2-3-4-7-10-17-12-9-6-5-8-11(12)13(14,15)16;8-7(9,10)5-3-1-2-4-6(5)11;1-2-3-4-5-6-7;1-4(2,3)5;1-4(2)3-5;/h5-6,8-9H,2-4,7,10H2,1H3;1-4,11H;2-6H2,1H3;1-3H3;3H,1-2H3;/q;;;-1;;+1. The first-order valence-electron chi connectivity index (χ1n) is 14.8. The van der Waals surface area contributed by atoms with Crippen LogP contribution in [0.25, 0.3) is 0 Å². The van der Waals surface area contributed by atoms with Gasteiger partial charge in [0.1, 0.15) is 11.5 Å². The van der Waals surface area contributed by atoms with E-state index in [1.807, 2.05) is 0 Å². The van der Waals surface area contributed by atoms with Crippen molar-refractivity contribution in [3.8, 4) is 11.5 Å². The van der Waals surface area contributed by atoms with Crippen molar-refractivity contribution in [2.75, 3.05) is 26.0 Å². The Morgan fingerprint density at radius 2 is 1.17 bits per heavy atom. The zero-order valence-electron chi connectivity index (χ0n) is 28.5. The second-order valence-corrected chi connectivity index (χ2v) is 11.6. The Bertz CT molecular complexity index is 978. The number of ether oxygens (including phenoxy) is 1. The van der Waals surface area contributed by atoms with Gasteiger partial charge in [0, 0.05) is 19.4 Å². The van der Waals surface area contributed by atoms with Crippen LogP contribution in [0.1, 0.15) is 97.1 Å². The van der Waals surface area contributed by atoms with E-state index in [1.54, 1.807) is 40.9 Å². The Morgan fingerprint density at radius 1 is 0.783 bits per heavy atom. The van der Waals surface area contributed by atoms with Gasteiger partial charge in [-0.15, -0.1) is 5.60 Å². The Morgan fingerprint density at radius 3 is 1.52 bits per heavy atom. The molecule has 262 valence electrons. The Balaban J connectivity index is -0.000000262. The summed E-state index contributed by atoms with van der Waals surface area (Å²) < 4.78 is 78.7. The van der Waals surface area contributed by atoms with Crippen LogP contribution in [0, 0.1) is 0 Å². The average molecular weight is 759 g/mol. The molecule has 46 heavy (non-hydrogen) atoms. The van der Waals surface area contributed by atoms with Crippen LogP contribution in [0.2, 0.25) is 0 Å². The molecule has 2 aromatic rings. The summed E-state index contributed by atoms with van der Waals surface area (Å²) in [7, 11) is 3.38. The number of para-hydroxylation sites is 2. The molecule has 13 heteroatoms. The number of amides is 1. The molecule has 0 aromatic heterocycles. The minimum Gasteiger partial charge on any atom is -0.850 e. The minimum absolute atomic E-state index is 0. The summed E-state index contributed by atoms with van der Waals surface area (Å²) in [6, 6.07) is 9.72. The third kappa shape index (κ3) is 36.0. The summed E-state index contributed by atoms with van der Waals surface area (Å²) in [5.74, 6) is -0.809. The summed E-state index contributed by atoms with van der Waals surface area (Å²) in [6.07, 6.45) is 1.37. The van der Waals surface area contributed by atoms with Gasteiger partial charge in [-0.25, -0.2) is 0 Å². The molecule has 0 aliphatic rings. The molecule has 0 aliphatic heterocycles. The molecule has 0 fully saturated rings. The number of benzene rings is 2. The zero-order chi connectivity index (χ0) is 35.5. The van der Waals surface area contributed by atoms with Gasteiger partial charge >= 0.3 is 63.7 Å². The van der Waals surface area contributed by atoms with Gasteiger partial charge in [0.2, 0.25) is 6.41 Å². The summed E-state index contributed by atoms with van der Waals surface area (Å²) in [5, 5.41) is 20.0. The SMILES string of the molecule is CC(C)(C)[O-].CCCCCCBr.CCCCCCOc1ccccc1C(F)(F)F.CN(C)C=O.Oc1ccccc1C(F)(F)F.[K+]. The van der Waals surface area contributed by atoms with Crippen LogP contribution in [0.3, 0.4) is 0 Å². The molecule has 0 heterocycles. The smallest absolute Gasteiger partial charge is 0.850 e. The molecular formula is C33H51BrF6KNO4. The maximum absolute atomic E-state index is 12.6. The van der Waals surface area contributed by atoms with E-state index >= 15 is 0 Å². The molecule has 0 radical (unpaired) electrons. The Kier molecular flexibility index (Phi) is 34.2. The second kappa shape index (κ2) is 30.2. The van der Waals surface area contributed by atoms with Crippen molar-refractivity contribution in [3.63, 3.8) is 0 Å². The van der Waals surface area contributed by atoms with Crippen LogP contribution < -0.4 is 61.2 Å². The topological polar surface area (TPSA) is 72.8 Å². The van der Waals surface area contributed by atoms with Crippen molar-refractivity contribution in [3.05, 3.63) is 59.7 Å². The van der Waals surface area contributed by atoms with Crippen LogP contribution in [0.4, 0.5) is 26.3 Å². The Labute approximate surface area is 323 Å². The number of aromatic hydroxyl groups is 1. The van der Waals surface area contributed by atoms with Gasteiger partial charge in [0.15, 0.2) is 0 Å². The quantitative estimate of drug-likeness (QED) is 0.0892. The Hall–Kier alpha value is -0.834. The van der Waals surface area contributed by atoms with Gasteiger partial charge in [0.05, 0.1) is 17.7 Å². The van der Waals surface area contributed by atoms with Crippen molar-refractivity contribution in [2.45, 2.75) is 104 Å². The number of carbonyl (C=O) groups is 1. The van der Waals surface area contributed by atoms with Crippen molar-refractivity contribution in [2.24, 2.45) is 0 Å². The van der Waals surface area contributed by atoms with E-state index in [-0.39, 0.29) is 57.1 Å². The van der Waals surface area contributed by atoms with E-state index in [0.29, 0.717) is 6.61 Å². The summed E-state index contributed by atoms with van der Waals surface area (Å²) in [6.45, 7) is 9.55. The molecule has 5 nitrogen and oxygen atoms in total. The molecule has 0 atom stereocenters. The first-order chi connectivity index (χ1) is 20.8. The van der Waals surface area contributed by atoms with Gasteiger partial charge < -0.3 is 19.8 Å². The summed E-state index contributed by atoms with van der Waals surface area (Å²) in [4.78, 5) is 10.9. The van der Waals surface area contributed by atoms with Crippen LogP contribution in [0.5, 0.6) is 11.5 Å². The summed E-state index contributed by atoms with van der Waals surface area (Å²) in [5.41, 5.74) is -2.45. The maximum atomic E-state index is 12.6. The third-order valence-corrected chi connectivity index (χ3v) is 5.42. The molecular weight excluding hydrogens is 707 g/mol. The van der Waals surface area contributed by atoms with Crippen LogP contribution >= 0.6 is 15.9 Å². The number of hydrogen-bond acceptors (Lipinski definition) is 4. The number of phenols is 1. The number of rotatable bonds is 11. The van der Waals surface area contributed by atoms with Crippen LogP contribution in [-0.4, -0.2) is 48.0 Å². The van der Waals surface area contributed by atoms with E-state index in [4.69, 9.17) is 9.84 Å². The first kappa shape index (κ1) is 52.0. The maximum Gasteiger partial charge on any atom is 1.00 e. The van der Waals surface area contributed by atoms with Crippen molar-refractivity contribution in [1.29, 1.82) is 0 Å². The molecule has 1 N–H and O–H groups in total. The number of halogens is 7. The molecule has 2 aromatic carbocycles. The van der Waals surface area contributed by atoms with E-state index in [1.165, 1.54) is 60.2 Å². The van der Waals surface area contributed by atoms with Crippen molar-refractivity contribution >= 4 is 22.3 Å². The third-order valence-electron chi connectivity index (χ3n) is 4.86. The number of hydrogen-bond donors (Lipinski definition) is 1. The van der Waals surface area contributed by atoms with E-state index in [0.717, 1.165) is 50.3 Å². The van der Waals surface area contributed by atoms with Gasteiger partial charge in [0.25, 0.3) is 0 Å². The molecule has 0 spiro atoms. The molecule has 1 amide bonds. The number of alkyl halides is 7. The van der Waals surface area contributed by atoms with Gasteiger partial charge in [-0.05, 0) is 37.1 Å². The number of phenolic OH excluding ortho intramolecular Hbond substituents is 1. The van der Waals surface area contributed by atoms with Gasteiger partial charge in [-0.2, -0.15) is 26.3 Å². The van der Waals surface area contributed by atoms with Crippen molar-refractivity contribution in [1.82, 2.24) is 4.90 Å². The normalized spacial score (nSPS) is 10.5. The van der Waals surface area contributed by atoms with Gasteiger partial charge in [-0.3, -0.25) is 4.79 Å². The molecule has 0 unspecified atom stereocenters. The molecule has 0 bridgehead atoms. The average Bonchev–Trinajstić information content (AvgIpc) is 2.93. The predicted octanol–water partition coefficient (Wildman–Crippen LogP) is 6.89. The van der Waals surface area contributed by atoms with Gasteiger partial charge in [-0.1, -0.05) is 113 Å². The molecule has 2 rings (SSSR count). The molecule has 0 aliphatic carbocycles. The molecule has 0 saturated carbocycles. The summed E-state index contributed by atoms with van der Waals surface area (Å²) >= 11 is 3.38. The zero-order valence-corrected chi connectivity index (χ0v) is 33.2. The van der Waals surface area contributed by atoms with Crippen LogP contribution in [0.15, 0.2) is 48.5 Å². The minimum atomic E-state index is -4.47. The van der Waals surface area contributed by atoms with Crippen LogP contribution in [-0.2, 0) is 17.1 Å². The largest absolute Gasteiger partial charge is 1.00 e. The molecule has 0 saturated heterocycles. The first-order valence-corrected chi connectivity index (χ1v) is 15.9. The fourth-order valence-corrected chi connectivity index (χ4v) is 3.17. The second-order valence-electron chi connectivity index (χ2n) is 10.8. The number of carbonyl (C=O) groups excluding carboxylic acids is 1. The van der Waals surface area contributed by atoms with E-state index < -0.39 is 34.8 Å². The fourth-order valence-electron chi connectivity index (χ4n) is 2.77. The predicted molar refractivity (Wildman–Crippen MR) is 172 cm³/mol. The number of nitrogens with zero attached hydrogens (tertiary/aromatic N) is 1. The monoisotopic (exact) mass is 757 g/mol. The van der Waals surface area contributed by atoms with Crippen molar-refractivity contribution < 1.29 is 97.5 Å².